The number of Topliss-reactive ketones (excluding diaryl/α,β-unsaturated/α-hetero) is 1. The molecule has 0 saturated heterocycles. The molecule has 0 aliphatic rings. The molecule has 3 heteroatoms. The third-order valence-electron chi connectivity index (χ3n) is 2.99. The summed E-state index contributed by atoms with van der Waals surface area (Å²) in [6.07, 6.45) is 0. The van der Waals surface area contributed by atoms with Gasteiger partial charge in [-0.15, -0.1) is 0 Å². The normalized spacial score (nSPS) is 11.4. The highest BCUT2D eigenvalue weighted by Gasteiger charge is 2.29. The van der Waals surface area contributed by atoms with Gasteiger partial charge in [0, 0.05) is 12.0 Å². The van der Waals surface area contributed by atoms with E-state index in [1.54, 1.807) is 7.11 Å². The molecule has 1 aromatic carbocycles. The molecule has 0 saturated carbocycles. The predicted molar refractivity (Wildman–Crippen MR) is 69.6 cm³/mol. The van der Waals surface area contributed by atoms with Crippen molar-refractivity contribution in [3.05, 3.63) is 28.8 Å². The minimum atomic E-state index is -0.562. The van der Waals surface area contributed by atoms with Crippen molar-refractivity contribution in [2.45, 2.75) is 27.7 Å². The summed E-state index contributed by atoms with van der Waals surface area (Å²) in [4.78, 5) is 12.4. The number of methoxy groups -OCH3 is 1. The van der Waals surface area contributed by atoms with Gasteiger partial charge in [0.15, 0.2) is 5.78 Å². The fourth-order valence-corrected chi connectivity index (χ4v) is 1.85. The van der Waals surface area contributed by atoms with E-state index in [1.165, 1.54) is 0 Å². The van der Waals surface area contributed by atoms with Crippen molar-refractivity contribution in [2.75, 3.05) is 13.7 Å². The van der Waals surface area contributed by atoms with E-state index in [2.05, 4.69) is 0 Å². The van der Waals surface area contributed by atoms with Gasteiger partial charge < -0.3 is 10.5 Å². The van der Waals surface area contributed by atoms with Gasteiger partial charge in [-0.25, -0.2) is 0 Å². The molecular weight excluding hydrogens is 214 g/mol. The summed E-state index contributed by atoms with van der Waals surface area (Å²) in [6.45, 7) is 7.94. The SMILES string of the molecule is COc1c(C)cc(C)cc1C(=O)C(C)(C)CN. The second-order valence-electron chi connectivity index (χ2n) is 5.08. The second kappa shape index (κ2) is 4.88. The molecule has 3 nitrogen and oxygen atoms in total. The van der Waals surface area contributed by atoms with Crippen LogP contribution >= 0.6 is 0 Å². The quantitative estimate of drug-likeness (QED) is 0.816. The van der Waals surface area contributed by atoms with E-state index < -0.39 is 5.41 Å². The van der Waals surface area contributed by atoms with Crippen molar-refractivity contribution < 1.29 is 9.53 Å². The van der Waals surface area contributed by atoms with Crippen molar-refractivity contribution in [1.82, 2.24) is 0 Å². The van der Waals surface area contributed by atoms with Gasteiger partial charge >= 0.3 is 0 Å². The number of nitrogens with two attached hydrogens (primary N) is 1. The molecule has 0 spiro atoms. The summed E-state index contributed by atoms with van der Waals surface area (Å²) in [7, 11) is 1.59. The van der Waals surface area contributed by atoms with Gasteiger partial charge in [-0.2, -0.15) is 0 Å². The maximum atomic E-state index is 12.4. The van der Waals surface area contributed by atoms with Crippen LogP contribution in [0.25, 0.3) is 0 Å². The Morgan fingerprint density at radius 1 is 1.35 bits per heavy atom. The summed E-state index contributed by atoms with van der Waals surface area (Å²) in [6, 6.07) is 3.87. The van der Waals surface area contributed by atoms with Crippen LogP contribution in [0.15, 0.2) is 12.1 Å². The molecule has 0 bridgehead atoms. The summed E-state index contributed by atoms with van der Waals surface area (Å²) in [5.74, 6) is 0.686. The smallest absolute Gasteiger partial charge is 0.173 e. The van der Waals surface area contributed by atoms with Crippen LogP contribution < -0.4 is 10.5 Å². The standard InChI is InChI=1S/C14H21NO2/c1-9-6-10(2)12(17-5)11(7-9)13(16)14(3,4)8-15/h6-7H,8,15H2,1-5H3. The maximum Gasteiger partial charge on any atom is 0.173 e. The Morgan fingerprint density at radius 2 is 1.94 bits per heavy atom. The largest absolute Gasteiger partial charge is 0.496 e. The van der Waals surface area contributed by atoms with E-state index in [-0.39, 0.29) is 5.78 Å². The summed E-state index contributed by atoms with van der Waals surface area (Å²) in [5.41, 5.74) is 7.74. The van der Waals surface area contributed by atoms with Crippen LogP contribution in [-0.2, 0) is 0 Å². The molecule has 1 aromatic rings. The van der Waals surface area contributed by atoms with Crippen molar-refractivity contribution >= 4 is 5.78 Å². The van der Waals surface area contributed by atoms with Crippen LogP contribution in [0.4, 0.5) is 0 Å². The first-order chi connectivity index (χ1) is 7.83. The molecule has 94 valence electrons. The van der Waals surface area contributed by atoms with Gasteiger partial charge in [-0.05, 0) is 31.0 Å². The number of aryl methyl sites for hydroxylation is 2. The lowest BCUT2D eigenvalue weighted by atomic mass is 9.83. The van der Waals surface area contributed by atoms with E-state index in [0.29, 0.717) is 17.9 Å². The fraction of sp³-hybridized carbons (Fsp3) is 0.500. The van der Waals surface area contributed by atoms with Gasteiger partial charge in [-0.1, -0.05) is 19.9 Å². The Morgan fingerprint density at radius 3 is 2.41 bits per heavy atom. The first kappa shape index (κ1) is 13.7. The van der Waals surface area contributed by atoms with E-state index >= 15 is 0 Å². The Balaban J connectivity index is 3.35. The van der Waals surface area contributed by atoms with E-state index in [1.807, 2.05) is 39.8 Å². The molecule has 1 rings (SSSR count). The summed E-state index contributed by atoms with van der Waals surface area (Å²) >= 11 is 0. The second-order valence-corrected chi connectivity index (χ2v) is 5.08. The predicted octanol–water partition coefficient (Wildman–Crippen LogP) is 2.48. The number of hydrogen-bond donors (Lipinski definition) is 1. The van der Waals surface area contributed by atoms with E-state index in [4.69, 9.17) is 10.5 Å². The average molecular weight is 235 g/mol. The van der Waals surface area contributed by atoms with Crippen LogP contribution in [0.1, 0.15) is 35.3 Å². The first-order valence-electron chi connectivity index (χ1n) is 5.73. The zero-order valence-corrected chi connectivity index (χ0v) is 11.3. The molecule has 0 radical (unpaired) electrons. The highest BCUT2D eigenvalue weighted by molar-refractivity contribution is 6.03. The van der Waals surface area contributed by atoms with Gasteiger partial charge in [-0.3, -0.25) is 4.79 Å². The summed E-state index contributed by atoms with van der Waals surface area (Å²) in [5, 5.41) is 0. The van der Waals surface area contributed by atoms with Gasteiger partial charge in [0.2, 0.25) is 0 Å². The Kier molecular flexibility index (Phi) is 3.94. The molecule has 2 N–H and O–H groups in total. The number of ether oxygens (including phenoxy) is 1. The highest BCUT2D eigenvalue weighted by atomic mass is 16.5. The zero-order valence-electron chi connectivity index (χ0n) is 11.3. The van der Waals surface area contributed by atoms with Crippen molar-refractivity contribution in [1.29, 1.82) is 0 Å². The van der Waals surface area contributed by atoms with Crippen molar-refractivity contribution in [3.8, 4) is 5.75 Å². The van der Waals surface area contributed by atoms with Crippen LogP contribution in [-0.4, -0.2) is 19.4 Å². The molecule has 0 aromatic heterocycles. The van der Waals surface area contributed by atoms with Crippen molar-refractivity contribution in [3.63, 3.8) is 0 Å². The lowest BCUT2D eigenvalue weighted by Crippen LogP contribution is -2.33. The highest BCUT2D eigenvalue weighted by Crippen LogP contribution is 2.30. The molecule has 17 heavy (non-hydrogen) atoms. The monoisotopic (exact) mass is 235 g/mol. The Labute approximate surface area is 103 Å². The minimum Gasteiger partial charge on any atom is -0.496 e. The van der Waals surface area contributed by atoms with Gasteiger partial charge in [0.1, 0.15) is 5.75 Å². The van der Waals surface area contributed by atoms with Crippen LogP contribution in [0, 0.1) is 19.3 Å². The van der Waals surface area contributed by atoms with Crippen LogP contribution in [0.2, 0.25) is 0 Å². The number of ketones is 1. The molecular formula is C14H21NO2. The molecule has 0 unspecified atom stereocenters. The third-order valence-corrected chi connectivity index (χ3v) is 2.99. The van der Waals surface area contributed by atoms with Crippen LogP contribution in [0.5, 0.6) is 5.75 Å². The molecule has 0 aliphatic carbocycles. The number of carbonyl (C=O) groups excluding carboxylic acids is 1. The number of carbonyl (C=O) groups is 1. The average Bonchev–Trinajstić information content (AvgIpc) is 2.27. The zero-order chi connectivity index (χ0) is 13.2. The first-order valence-corrected chi connectivity index (χ1v) is 5.73. The van der Waals surface area contributed by atoms with Gasteiger partial charge in [0.25, 0.3) is 0 Å². The lowest BCUT2D eigenvalue weighted by molar-refractivity contribution is 0.0844. The van der Waals surface area contributed by atoms with Gasteiger partial charge in [0.05, 0.1) is 12.7 Å². The molecule has 0 amide bonds. The minimum absolute atomic E-state index is 0.0312. The maximum absolute atomic E-state index is 12.4. The molecule has 0 atom stereocenters. The van der Waals surface area contributed by atoms with E-state index in [0.717, 1.165) is 11.1 Å². The Hall–Kier alpha value is -1.35. The van der Waals surface area contributed by atoms with Crippen LogP contribution in [0.3, 0.4) is 0 Å². The molecule has 0 aliphatic heterocycles. The lowest BCUT2D eigenvalue weighted by Gasteiger charge is -2.23. The van der Waals surface area contributed by atoms with E-state index in [9.17, 15) is 4.79 Å². The number of benzene rings is 1. The van der Waals surface area contributed by atoms with Crippen molar-refractivity contribution in [2.24, 2.45) is 11.1 Å². The number of hydrogen-bond acceptors (Lipinski definition) is 3. The molecule has 0 heterocycles. The third kappa shape index (κ3) is 2.67. The fourth-order valence-electron chi connectivity index (χ4n) is 1.85. The molecule has 0 fully saturated rings. The number of rotatable bonds is 4. The Bertz CT molecular complexity index is 436. The topological polar surface area (TPSA) is 52.3 Å². The summed E-state index contributed by atoms with van der Waals surface area (Å²) < 4.78 is 5.33.